The lowest BCUT2D eigenvalue weighted by atomic mass is 9.80. The predicted octanol–water partition coefficient (Wildman–Crippen LogP) is 14.9. The van der Waals surface area contributed by atoms with Crippen LogP contribution in [0.15, 0.2) is 200 Å². The maximum Gasteiger partial charge on any atom is 0.160 e. The third-order valence-corrected chi connectivity index (χ3v) is 12.8. The highest BCUT2D eigenvalue weighted by Crippen LogP contribution is 2.55. The smallest absolute Gasteiger partial charge is 0.160 e. The lowest BCUT2D eigenvalue weighted by Gasteiger charge is -2.23. The Morgan fingerprint density at radius 3 is 1.80 bits per heavy atom. The minimum absolute atomic E-state index is 0.140. The summed E-state index contributed by atoms with van der Waals surface area (Å²) >= 11 is 0. The van der Waals surface area contributed by atoms with Gasteiger partial charge in [0.15, 0.2) is 5.82 Å². The summed E-state index contributed by atoms with van der Waals surface area (Å²) in [7, 11) is 0. The van der Waals surface area contributed by atoms with Crippen LogP contribution in [0.25, 0.3) is 105 Å². The van der Waals surface area contributed by atoms with Crippen LogP contribution in [0.4, 0.5) is 0 Å². The van der Waals surface area contributed by atoms with Crippen molar-refractivity contribution in [3.05, 3.63) is 211 Å². The molecule has 0 amide bonds. The molecule has 0 saturated carbocycles. The molecule has 1 aliphatic carbocycles. The second-order valence-corrected chi connectivity index (χ2v) is 16.5. The van der Waals surface area contributed by atoms with Gasteiger partial charge in [0.05, 0.1) is 22.4 Å². The normalized spacial score (nSPS) is 13.0. The van der Waals surface area contributed by atoms with E-state index in [9.17, 15) is 0 Å². The first-order chi connectivity index (χ1) is 29.5. The van der Waals surface area contributed by atoms with Gasteiger partial charge in [0, 0.05) is 38.6 Å². The van der Waals surface area contributed by atoms with Crippen LogP contribution in [-0.2, 0) is 5.41 Å². The van der Waals surface area contributed by atoms with Crippen LogP contribution in [0, 0.1) is 0 Å². The van der Waals surface area contributed by atoms with Crippen LogP contribution in [0.1, 0.15) is 25.0 Å². The molecular weight excluding hydrogens is 727 g/mol. The molecule has 0 bridgehead atoms. The molecule has 0 unspecified atom stereocenters. The predicted molar refractivity (Wildman–Crippen MR) is 251 cm³/mol. The third kappa shape index (κ3) is 5.09. The lowest BCUT2D eigenvalue weighted by Crippen LogP contribution is -2.15. The second kappa shape index (κ2) is 13.2. The third-order valence-electron chi connectivity index (χ3n) is 12.8. The summed E-state index contributed by atoms with van der Waals surface area (Å²) in [6, 6.07) is 72.2. The number of fused-ring (bicyclic) bond motifs is 9. The summed E-state index contributed by atoms with van der Waals surface area (Å²) in [5.41, 5.74) is 16.1. The summed E-state index contributed by atoms with van der Waals surface area (Å²) in [6.07, 6.45) is 0. The van der Waals surface area contributed by atoms with Crippen molar-refractivity contribution >= 4 is 43.4 Å². The number of para-hydroxylation sites is 2. The molecule has 1 aliphatic rings. The molecule has 0 saturated heterocycles. The van der Waals surface area contributed by atoms with Gasteiger partial charge in [0.1, 0.15) is 0 Å². The van der Waals surface area contributed by atoms with Crippen molar-refractivity contribution in [2.75, 3.05) is 0 Å². The standard InChI is InChI=1S/C57H39N3/c1-57(2)48-28-15-26-44(53(48)47-32-31-36-17-9-10-22-39(36)55(47)57)42-33-34-43(41-24-12-11-23-40(41)42)49-35-50(59-56(58-49)37-18-5-3-6-19-37)45-27-16-30-52-54(45)46-25-13-14-29-51(46)60(52)38-20-7-4-8-21-38/h3-35H,1-2H3. The average molecular weight is 766 g/mol. The number of aromatic nitrogens is 3. The minimum atomic E-state index is -0.140. The van der Waals surface area contributed by atoms with Gasteiger partial charge in [-0.2, -0.15) is 0 Å². The topological polar surface area (TPSA) is 30.7 Å². The first-order valence-electron chi connectivity index (χ1n) is 20.8. The monoisotopic (exact) mass is 765 g/mol. The van der Waals surface area contributed by atoms with Gasteiger partial charge in [-0.15, -0.1) is 0 Å². The highest BCUT2D eigenvalue weighted by Gasteiger charge is 2.38. The maximum atomic E-state index is 5.37. The molecule has 2 aromatic heterocycles. The van der Waals surface area contributed by atoms with Gasteiger partial charge in [-0.25, -0.2) is 9.97 Å². The molecule has 0 aliphatic heterocycles. The van der Waals surface area contributed by atoms with E-state index >= 15 is 0 Å². The highest BCUT2D eigenvalue weighted by atomic mass is 15.0. The van der Waals surface area contributed by atoms with Gasteiger partial charge in [0.2, 0.25) is 0 Å². The molecule has 11 aromatic rings. The van der Waals surface area contributed by atoms with E-state index in [0.717, 1.165) is 50.2 Å². The number of hydrogen-bond acceptors (Lipinski definition) is 2. The molecule has 0 spiro atoms. The number of benzene rings is 9. The van der Waals surface area contributed by atoms with Gasteiger partial charge in [-0.1, -0.05) is 184 Å². The van der Waals surface area contributed by atoms with Crippen molar-refractivity contribution < 1.29 is 0 Å². The Labute approximate surface area is 348 Å². The van der Waals surface area contributed by atoms with E-state index in [1.54, 1.807) is 0 Å². The van der Waals surface area contributed by atoms with E-state index in [-0.39, 0.29) is 5.41 Å². The van der Waals surface area contributed by atoms with Crippen molar-refractivity contribution in [2.45, 2.75) is 19.3 Å². The Bertz CT molecular complexity index is 3500. The SMILES string of the molecule is CC1(C)c2cccc(-c3ccc(-c4cc(-c5cccc6c5c5ccccc5n6-c5ccccc5)nc(-c5ccccc5)n4)c4ccccc34)c2-c2ccc3ccccc3c21. The average Bonchev–Trinajstić information content (AvgIpc) is 3.78. The quantitative estimate of drug-likeness (QED) is 0.175. The fraction of sp³-hybridized carbons (Fsp3) is 0.0526. The van der Waals surface area contributed by atoms with E-state index in [1.165, 1.54) is 60.3 Å². The minimum Gasteiger partial charge on any atom is -0.309 e. The molecule has 0 radical (unpaired) electrons. The molecule has 282 valence electrons. The Kier molecular flexibility index (Phi) is 7.58. The van der Waals surface area contributed by atoms with E-state index in [2.05, 4.69) is 213 Å². The van der Waals surface area contributed by atoms with Crippen LogP contribution >= 0.6 is 0 Å². The zero-order valence-electron chi connectivity index (χ0n) is 33.4. The molecule has 9 aromatic carbocycles. The summed E-state index contributed by atoms with van der Waals surface area (Å²) in [6.45, 7) is 4.76. The highest BCUT2D eigenvalue weighted by molar-refractivity contribution is 6.16. The Balaban J connectivity index is 1.09. The molecule has 3 nitrogen and oxygen atoms in total. The summed E-state index contributed by atoms with van der Waals surface area (Å²) < 4.78 is 2.36. The van der Waals surface area contributed by atoms with Gasteiger partial charge < -0.3 is 4.57 Å². The molecule has 12 rings (SSSR count). The van der Waals surface area contributed by atoms with E-state index in [0.29, 0.717) is 5.82 Å². The van der Waals surface area contributed by atoms with Crippen LogP contribution in [0.2, 0.25) is 0 Å². The molecule has 60 heavy (non-hydrogen) atoms. The van der Waals surface area contributed by atoms with Crippen LogP contribution < -0.4 is 0 Å². The van der Waals surface area contributed by atoms with Crippen molar-refractivity contribution in [1.29, 1.82) is 0 Å². The van der Waals surface area contributed by atoms with Gasteiger partial charge in [-0.3, -0.25) is 0 Å². The fourth-order valence-corrected chi connectivity index (χ4v) is 10.2. The Morgan fingerprint density at radius 1 is 0.417 bits per heavy atom. The lowest BCUT2D eigenvalue weighted by molar-refractivity contribution is 0.666. The molecule has 0 atom stereocenters. The first kappa shape index (κ1) is 34.4. The Hall–Kier alpha value is -7.62. The number of hydrogen-bond donors (Lipinski definition) is 0. The van der Waals surface area contributed by atoms with Crippen LogP contribution in [0.5, 0.6) is 0 Å². The van der Waals surface area contributed by atoms with Gasteiger partial charge in [0.25, 0.3) is 0 Å². The maximum absolute atomic E-state index is 5.37. The van der Waals surface area contributed by atoms with Crippen molar-refractivity contribution in [1.82, 2.24) is 14.5 Å². The molecule has 3 heteroatoms. The van der Waals surface area contributed by atoms with Crippen molar-refractivity contribution in [3.63, 3.8) is 0 Å². The fourth-order valence-electron chi connectivity index (χ4n) is 10.2. The zero-order chi connectivity index (χ0) is 40.0. The van der Waals surface area contributed by atoms with Crippen LogP contribution in [-0.4, -0.2) is 14.5 Å². The number of nitrogens with zero attached hydrogens (tertiary/aromatic N) is 3. The largest absolute Gasteiger partial charge is 0.309 e. The summed E-state index contributed by atoms with van der Waals surface area (Å²) in [4.78, 5) is 10.7. The molecule has 0 fully saturated rings. The zero-order valence-corrected chi connectivity index (χ0v) is 33.4. The van der Waals surface area contributed by atoms with Gasteiger partial charge >= 0.3 is 0 Å². The summed E-state index contributed by atoms with van der Waals surface area (Å²) in [5.74, 6) is 0.701. The number of rotatable bonds is 5. The molecule has 0 N–H and O–H groups in total. The van der Waals surface area contributed by atoms with Crippen molar-refractivity contribution in [3.8, 4) is 61.8 Å². The summed E-state index contributed by atoms with van der Waals surface area (Å²) in [5, 5.41) is 7.34. The second-order valence-electron chi connectivity index (χ2n) is 16.5. The molecular formula is C57H39N3. The molecule has 2 heterocycles. The first-order valence-corrected chi connectivity index (χ1v) is 20.8. The van der Waals surface area contributed by atoms with E-state index < -0.39 is 0 Å². The van der Waals surface area contributed by atoms with E-state index in [1.807, 2.05) is 6.07 Å². The Morgan fingerprint density at radius 2 is 1.00 bits per heavy atom. The van der Waals surface area contributed by atoms with Crippen molar-refractivity contribution in [2.24, 2.45) is 0 Å². The van der Waals surface area contributed by atoms with E-state index in [4.69, 9.17) is 9.97 Å². The van der Waals surface area contributed by atoms with Gasteiger partial charge in [-0.05, 0) is 85.3 Å². The van der Waals surface area contributed by atoms with Crippen LogP contribution in [0.3, 0.4) is 0 Å².